The van der Waals surface area contributed by atoms with Gasteiger partial charge in [0.15, 0.2) is 0 Å². The quantitative estimate of drug-likeness (QED) is 0.811. The van der Waals surface area contributed by atoms with Crippen molar-refractivity contribution in [1.29, 1.82) is 0 Å². The molecule has 0 aromatic heterocycles. The zero-order valence-corrected chi connectivity index (χ0v) is 11.6. The fraction of sp³-hybridized carbons (Fsp3) is 0.562. The molecule has 1 aromatic rings. The molecule has 2 saturated heterocycles. The van der Waals surface area contributed by atoms with E-state index < -0.39 is 0 Å². The van der Waals surface area contributed by atoms with Gasteiger partial charge in [-0.3, -0.25) is 9.69 Å². The molecule has 1 aromatic carbocycles. The molecule has 1 amide bonds. The van der Waals surface area contributed by atoms with Gasteiger partial charge in [0.1, 0.15) is 0 Å². The second kappa shape index (κ2) is 4.97. The molecule has 1 spiro atoms. The Bertz CT molecular complexity index is 441. The van der Waals surface area contributed by atoms with Gasteiger partial charge in [0.2, 0.25) is 5.91 Å². The Morgan fingerprint density at radius 3 is 2.37 bits per heavy atom. The summed E-state index contributed by atoms with van der Waals surface area (Å²) in [7, 11) is 0. The van der Waals surface area contributed by atoms with Gasteiger partial charge >= 0.3 is 0 Å². The van der Waals surface area contributed by atoms with Crippen molar-refractivity contribution in [2.45, 2.75) is 26.3 Å². The summed E-state index contributed by atoms with van der Waals surface area (Å²) in [5, 5.41) is 0. The van der Waals surface area contributed by atoms with Crippen LogP contribution in [-0.2, 0) is 11.3 Å². The molecule has 0 saturated carbocycles. The molecule has 3 rings (SSSR count). The van der Waals surface area contributed by atoms with Crippen molar-refractivity contribution in [3.05, 3.63) is 35.9 Å². The maximum Gasteiger partial charge on any atom is 0.219 e. The van der Waals surface area contributed by atoms with E-state index in [4.69, 9.17) is 0 Å². The molecular weight excluding hydrogens is 236 g/mol. The summed E-state index contributed by atoms with van der Waals surface area (Å²) in [5.74, 6) is 0.234. The molecule has 3 heteroatoms. The molecule has 0 atom stereocenters. The average Bonchev–Trinajstić information content (AvgIpc) is 2.38. The van der Waals surface area contributed by atoms with Gasteiger partial charge in [-0.15, -0.1) is 0 Å². The predicted molar refractivity (Wildman–Crippen MR) is 75.6 cm³/mol. The number of benzene rings is 1. The van der Waals surface area contributed by atoms with Crippen molar-refractivity contribution >= 4 is 5.91 Å². The van der Waals surface area contributed by atoms with Crippen molar-refractivity contribution in [2.24, 2.45) is 5.41 Å². The first-order chi connectivity index (χ1) is 9.17. The van der Waals surface area contributed by atoms with Crippen molar-refractivity contribution in [3.63, 3.8) is 0 Å². The first kappa shape index (κ1) is 12.7. The van der Waals surface area contributed by atoms with Crippen LogP contribution in [0.25, 0.3) is 0 Å². The monoisotopic (exact) mass is 258 g/mol. The van der Waals surface area contributed by atoms with E-state index in [0.717, 1.165) is 19.6 Å². The summed E-state index contributed by atoms with van der Waals surface area (Å²) in [5.41, 5.74) is 1.84. The molecule has 0 radical (unpaired) electrons. The number of rotatable bonds is 2. The van der Waals surface area contributed by atoms with E-state index >= 15 is 0 Å². The maximum atomic E-state index is 11.3. The lowest BCUT2D eigenvalue weighted by Crippen LogP contribution is -2.61. The number of piperidine rings is 1. The topological polar surface area (TPSA) is 23.6 Å². The predicted octanol–water partition coefficient (Wildman–Crippen LogP) is 2.13. The van der Waals surface area contributed by atoms with Crippen LogP contribution < -0.4 is 0 Å². The van der Waals surface area contributed by atoms with Crippen LogP contribution in [0.2, 0.25) is 0 Å². The molecule has 2 heterocycles. The van der Waals surface area contributed by atoms with E-state index in [2.05, 4.69) is 35.2 Å². The minimum Gasteiger partial charge on any atom is -0.342 e. The Morgan fingerprint density at radius 2 is 1.79 bits per heavy atom. The number of hydrogen-bond donors (Lipinski definition) is 0. The number of amides is 1. The lowest BCUT2D eigenvalue weighted by molar-refractivity contribution is -0.144. The molecule has 0 bridgehead atoms. The minimum atomic E-state index is 0.234. The molecule has 19 heavy (non-hydrogen) atoms. The highest BCUT2D eigenvalue weighted by molar-refractivity contribution is 5.74. The summed E-state index contributed by atoms with van der Waals surface area (Å²) in [6.07, 6.45) is 2.48. The third-order valence-corrected chi connectivity index (χ3v) is 4.66. The lowest BCUT2D eigenvalue weighted by Gasteiger charge is -2.53. The molecule has 102 valence electrons. The molecule has 0 unspecified atom stereocenters. The van der Waals surface area contributed by atoms with Crippen LogP contribution in [0.5, 0.6) is 0 Å². The summed E-state index contributed by atoms with van der Waals surface area (Å²) in [6.45, 7) is 7.05. The third kappa shape index (κ3) is 2.66. The lowest BCUT2D eigenvalue weighted by atomic mass is 9.72. The Hall–Kier alpha value is -1.35. The molecule has 3 nitrogen and oxygen atoms in total. The maximum absolute atomic E-state index is 11.3. The van der Waals surface area contributed by atoms with Crippen LogP contribution >= 0.6 is 0 Å². The highest BCUT2D eigenvalue weighted by Gasteiger charge is 2.45. The van der Waals surface area contributed by atoms with Crippen LogP contribution in [0.1, 0.15) is 25.3 Å². The van der Waals surface area contributed by atoms with E-state index in [9.17, 15) is 4.79 Å². The first-order valence-corrected chi connectivity index (χ1v) is 7.19. The summed E-state index contributed by atoms with van der Waals surface area (Å²) in [4.78, 5) is 15.8. The molecule has 2 aliphatic heterocycles. The Morgan fingerprint density at radius 1 is 1.16 bits per heavy atom. The SMILES string of the molecule is CC(=O)N1CC2(CCN(Cc3ccccc3)CC2)C1. The van der Waals surface area contributed by atoms with Crippen LogP contribution in [0, 0.1) is 5.41 Å². The van der Waals surface area contributed by atoms with Crippen LogP contribution in [0.15, 0.2) is 30.3 Å². The minimum absolute atomic E-state index is 0.234. The van der Waals surface area contributed by atoms with Gasteiger partial charge in [0.25, 0.3) is 0 Å². The van der Waals surface area contributed by atoms with Gasteiger partial charge in [0, 0.05) is 32.0 Å². The Balaban J connectivity index is 1.49. The van der Waals surface area contributed by atoms with E-state index in [0.29, 0.717) is 5.41 Å². The number of likely N-dealkylation sites (tertiary alicyclic amines) is 2. The van der Waals surface area contributed by atoms with Gasteiger partial charge in [-0.25, -0.2) is 0 Å². The van der Waals surface area contributed by atoms with E-state index in [1.807, 2.05) is 4.90 Å². The normalized spacial score (nSPS) is 22.3. The Kier molecular flexibility index (Phi) is 3.31. The van der Waals surface area contributed by atoms with Gasteiger partial charge in [-0.05, 0) is 31.5 Å². The highest BCUT2D eigenvalue weighted by atomic mass is 16.2. The standard InChI is InChI=1S/C16H22N2O/c1-14(19)18-12-16(13-18)7-9-17(10-8-16)11-15-5-3-2-4-6-15/h2-6H,7-13H2,1H3. The number of hydrogen-bond acceptors (Lipinski definition) is 2. The van der Waals surface area contributed by atoms with Gasteiger partial charge in [-0.1, -0.05) is 30.3 Å². The van der Waals surface area contributed by atoms with Crippen molar-refractivity contribution < 1.29 is 4.79 Å². The van der Waals surface area contributed by atoms with Crippen LogP contribution in [0.3, 0.4) is 0 Å². The van der Waals surface area contributed by atoms with E-state index in [1.165, 1.54) is 31.5 Å². The summed E-state index contributed by atoms with van der Waals surface area (Å²) >= 11 is 0. The zero-order valence-electron chi connectivity index (χ0n) is 11.6. The van der Waals surface area contributed by atoms with E-state index in [-0.39, 0.29) is 5.91 Å². The number of carbonyl (C=O) groups is 1. The molecule has 2 aliphatic rings. The summed E-state index contributed by atoms with van der Waals surface area (Å²) in [6, 6.07) is 10.7. The van der Waals surface area contributed by atoms with Crippen LogP contribution in [0.4, 0.5) is 0 Å². The molecule has 0 aliphatic carbocycles. The van der Waals surface area contributed by atoms with Crippen molar-refractivity contribution in [2.75, 3.05) is 26.2 Å². The van der Waals surface area contributed by atoms with Crippen molar-refractivity contribution in [1.82, 2.24) is 9.80 Å². The molecule has 0 N–H and O–H groups in total. The van der Waals surface area contributed by atoms with E-state index in [1.54, 1.807) is 6.92 Å². The summed E-state index contributed by atoms with van der Waals surface area (Å²) < 4.78 is 0. The average molecular weight is 258 g/mol. The second-order valence-corrected chi connectivity index (χ2v) is 6.14. The smallest absolute Gasteiger partial charge is 0.219 e. The highest BCUT2D eigenvalue weighted by Crippen LogP contribution is 2.40. The van der Waals surface area contributed by atoms with Crippen molar-refractivity contribution in [3.8, 4) is 0 Å². The first-order valence-electron chi connectivity index (χ1n) is 7.19. The number of carbonyl (C=O) groups excluding carboxylic acids is 1. The second-order valence-electron chi connectivity index (χ2n) is 6.14. The number of nitrogens with zero attached hydrogens (tertiary/aromatic N) is 2. The third-order valence-electron chi connectivity index (χ3n) is 4.66. The molecular formula is C16H22N2O. The Labute approximate surface area is 115 Å². The van der Waals surface area contributed by atoms with Gasteiger partial charge < -0.3 is 4.90 Å². The van der Waals surface area contributed by atoms with Gasteiger partial charge in [-0.2, -0.15) is 0 Å². The fourth-order valence-electron chi connectivity index (χ4n) is 3.33. The zero-order chi connectivity index (χ0) is 13.3. The van der Waals surface area contributed by atoms with Gasteiger partial charge in [0.05, 0.1) is 0 Å². The molecule has 2 fully saturated rings. The van der Waals surface area contributed by atoms with Crippen LogP contribution in [-0.4, -0.2) is 41.9 Å². The fourth-order valence-corrected chi connectivity index (χ4v) is 3.33. The largest absolute Gasteiger partial charge is 0.342 e.